The molecule has 3 amide bonds. The number of anilines is 1. The van der Waals surface area contributed by atoms with E-state index in [2.05, 4.69) is 20.6 Å². The predicted octanol–water partition coefficient (Wildman–Crippen LogP) is 4.56. The van der Waals surface area contributed by atoms with Crippen LogP contribution >= 0.6 is 11.6 Å². The Labute approximate surface area is 201 Å². The summed E-state index contributed by atoms with van der Waals surface area (Å²) >= 11 is 6.34. The van der Waals surface area contributed by atoms with E-state index in [0.29, 0.717) is 16.9 Å². The molecular formula is C23H26ClN5O5. The highest BCUT2D eigenvalue weighted by atomic mass is 35.5. The van der Waals surface area contributed by atoms with Gasteiger partial charge < -0.3 is 10.4 Å². The first-order valence-electron chi connectivity index (χ1n) is 10.4. The number of hydroxylamine groups is 1. The minimum absolute atomic E-state index is 0.202. The molecule has 3 aromatic rings. The quantitative estimate of drug-likeness (QED) is 0.453. The zero-order valence-corrected chi connectivity index (χ0v) is 20.2. The van der Waals surface area contributed by atoms with Crippen molar-refractivity contribution in [3.63, 3.8) is 0 Å². The Hall–Kier alpha value is -3.63. The van der Waals surface area contributed by atoms with Crippen LogP contribution in [0.25, 0.3) is 16.6 Å². The van der Waals surface area contributed by atoms with E-state index < -0.39 is 29.3 Å². The summed E-state index contributed by atoms with van der Waals surface area (Å²) in [5.74, 6) is 0.204. The van der Waals surface area contributed by atoms with E-state index >= 15 is 0 Å². The molecule has 0 fully saturated rings. The summed E-state index contributed by atoms with van der Waals surface area (Å²) in [5.41, 5.74) is 2.01. The zero-order chi connectivity index (χ0) is 25.2. The summed E-state index contributed by atoms with van der Waals surface area (Å²) < 4.78 is 1.32. The van der Waals surface area contributed by atoms with Gasteiger partial charge in [-0.2, -0.15) is 0 Å². The topological polar surface area (TPSA) is 126 Å². The first kappa shape index (κ1) is 25.0. The fourth-order valence-corrected chi connectivity index (χ4v) is 4.11. The lowest BCUT2D eigenvalue weighted by atomic mass is 10.0. The number of aromatic nitrogens is 2. The maximum Gasteiger partial charge on any atom is 0.408 e. The lowest BCUT2D eigenvalue weighted by Crippen LogP contribution is -2.47. The number of carboxylic acid groups (broad SMARTS) is 1. The van der Waals surface area contributed by atoms with E-state index in [4.69, 9.17) is 11.6 Å². The lowest BCUT2D eigenvalue weighted by Gasteiger charge is -2.38. The SMILES string of the molecule is CONC(=O)Nc1cccc(-n2c(C(C)N(C(=O)O)C(C)(C)C)nc3cccc(Cl)c3c2=O)c1. The smallest absolute Gasteiger partial charge is 0.408 e. The van der Waals surface area contributed by atoms with Crippen molar-refractivity contribution in [2.75, 3.05) is 12.4 Å². The Bertz CT molecular complexity index is 1300. The van der Waals surface area contributed by atoms with Crippen LogP contribution in [0.5, 0.6) is 0 Å². The van der Waals surface area contributed by atoms with E-state index in [1.54, 1.807) is 70.2 Å². The summed E-state index contributed by atoms with van der Waals surface area (Å²) in [6.07, 6.45) is -1.15. The Kier molecular flexibility index (Phi) is 7.13. The first-order chi connectivity index (χ1) is 16.0. The number of rotatable bonds is 5. The minimum atomic E-state index is -1.15. The molecule has 0 saturated carbocycles. The molecule has 1 heterocycles. The van der Waals surface area contributed by atoms with Gasteiger partial charge in [0.2, 0.25) is 0 Å². The Morgan fingerprint density at radius 2 is 1.88 bits per heavy atom. The van der Waals surface area contributed by atoms with Gasteiger partial charge in [0.05, 0.1) is 34.8 Å². The van der Waals surface area contributed by atoms with Crippen molar-refractivity contribution in [2.24, 2.45) is 0 Å². The van der Waals surface area contributed by atoms with Crippen LogP contribution in [-0.2, 0) is 4.84 Å². The van der Waals surface area contributed by atoms with Gasteiger partial charge in [-0.05, 0) is 58.0 Å². The number of carbonyl (C=O) groups excluding carboxylic acids is 1. The molecule has 0 aliphatic heterocycles. The number of nitrogens with one attached hydrogen (secondary N) is 2. The number of hydrogen-bond acceptors (Lipinski definition) is 5. The number of carbonyl (C=O) groups is 2. The van der Waals surface area contributed by atoms with Gasteiger partial charge in [-0.1, -0.05) is 23.7 Å². The van der Waals surface area contributed by atoms with Crippen molar-refractivity contribution < 1.29 is 19.5 Å². The van der Waals surface area contributed by atoms with Crippen LogP contribution in [0.2, 0.25) is 5.02 Å². The molecular weight excluding hydrogens is 462 g/mol. The standard InChI is InChI=1S/C23H26ClN5O5/c1-13(29(22(32)33)23(2,3)4)19-26-17-11-7-10-16(24)18(17)20(30)28(19)15-9-6-8-14(12-15)25-21(31)27-34-5/h6-13H,1-5H3,(H,32,33)(H2,25,27,31). The highest BCUT2D eigenvalue weighted by Gasteiger charge is 2.34. The number of hydrogen-bond donors (Lipinski definition) is 3. The minimum Gasteiger partial charge on any atom is -0.465 e. The second-order valence-corrected chi connectivity index (χ2v) is 8.96. The number of nitrogens with zero attached hydrogens (tertiary/aromatic N) is 3. The van der Waals surface area contributed by atoms with Gasteiger partial charge in [-0.25, -0.2) is 20.1 Å². The fourth-order valence-electron chi connectivity index (χ4n) is 3.86. The third kappa shape index (κ3) is 4.97. The van der Waals surface area contributed by atoms with E-state index in [-0.39, 0.29) is 16.2 Å². The number of halogens is 1. The van der Waals surface area contributed by atoms with Crippen LogP contribution in [0.4, 0.5) is 15.3 Å². The number of urea groups is 1. The predicted molar refractivity (Wildman–Crippen MR) is 130 cm³/mol. The van der Waals surface area contributed by atoms with Crippen molar-refractivity contribution in [3.8, 4) is 5.69 Å². The summed E-state index contributed by atoms with van der Waals surface area (Å²) in [7, 11) is 1.30. The van der Waals surface area contributed by atoms with Gasteiger partial charge in [0.25, 0.3) is 5.56 Å². The third-order valence-electron chi connectivity index (χ3n) is 5.12. The molecule has 0 aliphatic carbocycles. The lowest BCUT2D eigenvalue weighted by molar-refractivity contribution is 0.0719. The van der Waals surface area contributed by atoms with Crippen molar-refractivity contribution in [2.45, 2.75) is 39.3 Å². The maximum absolute atomic E-state index is 13.7. The van der Waals surface area contributed by atoms with Crippen molar-refractivity contribution in [1.29, 1.82) is 0 Å². The van der Waals surface area contributed by atoms with Gasteiger partial charge in [0, 0.05) is 11.2 Å². The molecule has 1 aromatic heterocycles. The Balaban J connectivity index is 2.30. The summed E-state index contributed by atoms with van der Waals surface area (Å²) in [4.78, 5) is 48.3. The van der Waals surface area contributed by atoms with Gasteiger partial charge in [-0.3, -0.25) is 19.1 Å². The largest absolute Gasteiger partial charge is 0.465 e. The number of amides is 3. The van der Waals surface area contributed by atoms with Crippen LogP contribution < -0.4 is 16.4 Å². The van der Waals surface area contributed by atoms with Crippen LogP contribution in [0.15, 0.2) is 47.3 Å². The van der Waals surface area contributed by atoms with Gasteiger partial charge >= 0.3 is 12.1 Å². The normalized spacial score (nSPS) is 12.3. The molecule has 180 valence electrons. The van der Waals surface area contributed by atoms with Crippen molar-refractivity contribution >= 4 is 40.3 Å². The molecule has 10 nitrogen and oxygen atoms in total. The van der Waals surface area contributed by atoms with Crippen LogP contribution in [0.1, 0.15) is 39.6 Å². The summed E-state index contributed by atoms with van der Waals surface area (Å²) in [5, 5.41) is 13.0. The molecule has 0 saturated heterocycles. The molecule has 3 rings (SSSR count). The van der Waals surface area contributed by atoms with Gasteiger partial charge in [0.1, 0.15) is 5.82 Å². The molecule has 0 radical (unpaired) electrons. The first-order valence-corrected chi connectivity index (χ1v) is 10.8. The van der Waals surface area contributed by atoms with Crippen molar-refractivity contribution in [3.05, 3.63) is 63.7 Å². The Morgan fingerprint density at radius 3 is 2.50 bits per heavy atom. The van der Waals surface area contributed by atoms with E-state index in [1.807, 2.05) is 0 Å². The number of benzene rings is 2. The zero-order valence-electron chi connectivity index (χ0n) is 19.4. The maximum atomic E-state index is 13.7. The highest BCUT2D eigenvalue weighted by Crippen LogP contribution is 2.30. The van der Waals surface area contributed by atoms with Gasteiger partial charge in [-0.15, -0.1) is 0 Å². The van der Waals surface area contributed by atoms with E-state index in [9.17, 15) is 19.5 Å². The average molecular weight is 488 g/mol. The second kappa shape index (κ2) is 9.70. The molecule has 0 aliphatic rings. The summed E-state index contributed by atoms with van der Waals surface area (Å²) in [6, 6.07) is 10.0. The second-order valence-electron chi connectivity index (χ2n) is 8.55. The van der Waals surface area contributed by atoms with E-state index in [0.717, 1.165) is 0 Å². The van der Waals surface area contributed by atoms with Crippen LogP contribution in [0.3, 0.4) is 0 Å². The fraction of sp³-hybridized carbons (Fsp3) is 0.304. The molecule has 3 N–H and O–H groups in total. The molecule has 2 aromatic carbocycles. The summed E-state index contributed by atoms with van der Waals surface area (Å²) in [6.45, 7) is 6.95. The molecule has 1 unspecified atom stereocenters. The van der Waals surface area contributed by atoms with Gasteiger partial charge in [0.15, 0.2) is 0 Å². The highest BCUT2D eigenvalue weighted by molar-refractivity contribution is 6.35. The molecule has 0 spiro atoms. The molecule has 1 atom stereocenters. The van der Waals surface area contributed by atoms with Crippen LogP contribution in [-0.4, -0.2) is 44.3 Å². The van der Waals surface area contributed by atoms with Crippen molar-refractivity contribution in [1.82, 2.24) is 19.9 Å². The molecule has 11 heteroatoms. The average Bonchev–Trinajstić information content (AvgIpc) is 2.72. The van der Waals surface area contributed by atoms with E-state index in [1.165, 1.54) is 16.6 Å². The molecule has 34 heavy (non-hydrogen) atoms. The third-order valence-corrected chi connectivity index (χ3v) is 5.43. The van der Waals surface area contributed by atoms with Crippen LogP contribution in [0, 0.1) is 0 Å². The number of fused-ring (bicyclic) bond motifs is 1. The monoisotopic (exact) mass is 487 g/mol. The Morgan fingerprint density at radius 1 is 1.21 bits per heavy atom. The molecule has 0 bridgehead atoms.